The van der Waals surface area contributed by atoms with Crippen LogP contribution in [0.3, 0.4) is 0 Å². The molecule has 0 atom stereocenters. The van der Waals surface area contributed by atoms with Crippen LogP contribution in [0.25, 0.3) is 10.9 Å². The molecule has 0 saturated carbocycles. The van der Waals surface area contributed by atoms with Crippen molar-refractivity contribution in [2.24, 2.45) is 0 Å². The van der Waals surface area contributed by atoms with Crippen LogP contribution in [0.2, 0.25) is 0 Å². The molecule has 1 N–H and O–H groups in total. The van der Waals surface area contributed by atoms with Crippen molar-refractivity contribution in [1.82, 2.24) is 20.0 Å². The Balaban J connectivity index is 2.83. The maximum absolute atomic E-state index is 11.2. The molecule has 0 aliphatic rings. The van der Waals surface area contributed by atoms with Crippen LogP contribution in [0, 0.1) is 0 Å². The Morgan fingerprint density at radius 2 is 2.23 bits per heavy atom. The first-order chi connectivity index (χ1) is 6.20. The van der Waals surface area contributed by atoms with E-state index in [0.717, 1.165) is 5.52 Å². The smallest absolute Gasteiger partial charge is 0.267 e. The number of hydrogen-bond acceptors (Lipinski definition) is 3. The first-order valence-electron chi connectivity index (χ1n) is 4.11. The highest BCUT2D eigenvalue weighted by atomic mass is 16.1. The molecule has 2 aromatic heterocycles. The minimum absolute atomic E-state index is 0.190. The quantitative estimate of drug-likeness (QED) is 0.699. The van der Waals surface area contributed by atoms with Crippen molar-refractivity contribution in [2.75, 3.05) is 0 Å². The van der Waals surface area contributed by atoms with Crippen LogP contribution in [0.5, 0.6) is 0 Å². The maximum atomic E-state index is 11.2. The molecule has 68 valence electrons. The summed E-state index contributed by atoms with van der Waals surface area (Å²) >= 11 is 0. The summed E-state index contributed by atoms with van der Waals surface area (Å²) in [5.41, 5.74) is 0.586. The van der Waals surface area contributed by atoms with E-state index in [2.05, 4.69) is 15.3 Å². The Bertz CT molecular complexity index is 482. The van der Waals surface area contributed by atoms with Crippen LogP contribution in [0.1, 0.15) is 19.9 Å². The highest BCUT2D eigenvalue weighted by molar-refractivity contribution is 5.76. The molecule has 13 heavy (non-hydrogen) atoms. The third-order valence-electron chi connectivity index (χ3n) is 1.92. The molecule has 0 amide bonds. The molecule has 0 fully saturated rings. The second-order valence-electron chi connectivity index (χ2n) is 3.18. The van der Waals surface area contributed by atoms with Gasteiger partial charge in [0, 0.05) is 6.04 Å². The molecule has 0 aliphatic carbocycles. The zero-order valence-corrected chi connectivity index (χ0v) is 7.48. The number of aromatic amines is 1. The van der Waals surface area contributed by atoms with Crippen LogP contribution < -0.4 is 5.56 Å². The van der Waals surface area contributed by atoms with Gasteiger partial charge in [-0.05, 0) is 13.8 Å². The van der Waals surface area contributed by atoms with Gasteiger partial charge in [-0.1, -0.05) is 0 Å². The molecule has 0 aromatic carbocycles. The summed E-state index contributed by atoms with van der Waals surface area (Å²) in [5.74, 6) is 0. The average Bonchev–Trinajstić information content (AvgIpc) is 2.48. The van der Waals surface area contributed by atoms with Crippen molar-refractivity contribution in [2.45, 2.75) is 19.9 Å². The first-order valence-corrected chi connectivity index (χ1v) is 4.11. The highest BCUT2D eigenvalue weighted by Crippen LogP contribution is 2.11. The van der Waals surface area contributed by atoms with Gasteiger partial charge < -0.3 is 0 Å². The van der Waals surface area contributed by atoms with Gasteiger partial charge in [0.25, 0.3) is 5.56 Å². The van der Waals surface area contributed by atoms with Gasteiger partial charge in [0.1, 0.15) is 0 Å². The van der Waals surface area contributed by atoms with Crippen molar-refractivity contribution in [3.8, 4) is 0 Å². The van der Waals surface area contributed by atoms with Crippen LogP contribution in [0.15, 0.2) is 17.2 Å². The number of nitrogens with zero attached hydrogens (tertiary/aromatic N) is 3. The van der Waals surface area contributed by atoms with Crippen LogP contribution in [-0.2, 0) is 0 Å². The maximum Gasteiger partial charge on any atom is 0.275 e. The summed E-state index contributed by atoms with van der Waals surface area (Å²) in [5, 5.41) is 10.8. The van der Waals surface area contributed by atoms with Crippen LogP contribution in [0.4, 0.5) is 0 Å². The number of nitrogens with one attached hydrogen (secondary N) is 1. The zero-order chi connectivity index (χ0) is 9.42. The lowest BCUT2D eigenvalue weighted by atomic mass is 10.3. The van der Waals surface area contributed by atoms with Gasteiger partial charge in [-0.15, -0.1) is 0 Å². The number of H-pyrrole nitrogens is 1. The van der Waals surface area contributed by atoms with E-state index >= 15 is 0 Å². The molecule has 0 unspecified atom stereocenters. The molecule has 0 saturated heterocycles. The highest BCUT2D eigenvalue weighted by Gasteiger charge is 2.07. The van der Waals surface area contributed by atoms with E-state index in [4.69, 9.17) is 0 Å². The lowest BCUT2D eigenvalue weighted by Gasteiger charge is -2.05. The summed E-state index contributed by atoms with van der Waals surface area (Å²) in [6.45, 7) is 4.02. The Labute approximate surface area is 74.4 Å². The molecule has 0 bridgehead atoms. The van der Waals surface area contributed by atoms with E-state index in [1.807, 2.05) is 13.8 Å². The van der Waals surface area contributed by atoms with Gasteiger partial charge in [0.2, 0.25) is 0 Å². The van der Waals surface area contributed by atoms with Gasteiger partial charge in [0.05, 0.1) is 23.3 Å². The van der Waals surface area contributed by atoms with Gasteiger partial charge in [0.15, 0.2) is 0 Å². The lowest BCUT2D eigenvalue weighted by Crippen LogP contribution is -2.08. The molecule has 0 spiro atoms. The molecule has 5 nitrogen and oxygen atoms in total. The third kappa shape index (κ3) is 1.12. The fourth-order valence-corrected chi connectivity index (χ4v) is 1.30. The fourth-order valence-electron chi connectivity index (χ4n) is 1.30. The number of aromatic nitrogens is 4. The van der Waals surface area contributed by atoms with Gasteiger partial charge in [-0.3, -0.25) is 9.48 Å². The molecule has 2 heterocycles. The largest absolute Gasteiger partial charge is 0.275 e. The average molecular weight is 178 g/mol. The predicted molar refractivity (Wildman–Crippen MR) is 48.5 cm³/mol. The summed E-state index contributed by atoms with van der Waals surface area (Å²) in [6, 6.07) is 0.237. The van der Waals surface area contributed by atoms with Crippen LogP contribution in [-0.4, -0.2) is 20.0 Å². The van der Waals surface area contributed by atoms with E-state index in [0.29, 0.717) is 5.39 Å². The summed E-state index contributed by atoms with van der Waals surface area (Å²) < 4.78 is 1.78. The minimum atomic E-state index is -0.190. The lowest BCUT2D eigenvalue weighted by molar-refractivity contribution is 0.550. The second kappa shape index (κ2) is 2.69. The Kier molecular flexibility index (Phi) is 1.65. The van der Waals surface area contributed by atoms with Crippen molar-refractivity contribution < 1.29 is 0 Å². The van der Waals surface area contributed by atoms with Gasteiger partial charge in [-0.25, -0.2) is 5.10 Å². The molecule has 2 rings (SSSR count). The minimum Gasteiger partial charge on any atom is -0.267 e. The molecule has 2 aromatic rings. The van der Waals surface area contributed by atoms with Crippen molar-refractivity contribution in [3.05, 3.63) is 22.7 Å². The Morgan fingerprint density at radius 1 is 1.46 bits per heavy atom. The molecule has 5 heteroatoms. The zero-order valence-electron chi connectivity index (χ0n) is 7.48. The first kappa shape index (κ1) is 7.97. The number of hydrogen-bond donors (Lipinski definition) is 1. The fraction of sp³-hybridized carbons (Fsp3) is 0.375. The topological polar surface area (TPSA) is 63.6 Å². The normalized spacial score (nSPS) is 11.3. The van der Waals surface area contributed by atoms with E-state index < -0.39 is 0 Å². The Hall–Kier alpha value is -1.65. The number of rotatable bonds is 1. The molecule has 0 aliphatic heterocycles. The number of fused-ring (bicyclic) bond motifs is 1. The summed E-state index contributed by atoms with van der Waals surface area (Å²) in [4.78, 5) is 11.2. The SMILES string of the molecule is CC(C)n1ncc2c(=O)[nH]ncc21. The van der Waals surface area contributed by atoms with E-state index in [1.165, 1.54) is 0 Å². The third-order valence-corrected chi connectivity index (χ3v) is 1.92. The van der Waals surface area contributed by atoms with Crippen molar-refractivity contribution in [3.63, 3.8) is 0 Å². The summed E-state index contributed by atoms with van der Waals surface area (Å²) in [7, 11) is 0. The monoisotopic (exact) mass is 178 g/mol. The standard InChI is InChI=1S/C8H10N4O/c1-5(2)12-7-4-9-11-8(13)6(7)3-10-12/h3-5H,1-2H3,(H,11,13). The summed E-state index contributed by atoms with van der Waals surface area (Å²) in [6.07, 6.45) is 3.18. The van der Waals surface area contributed by atoms with E-state index in [-0.39, 0.29) is 11.6 Å². The van der Waals surface area contributed by atoms with Crippen molar-refractivity contribution >= 4 is 10.9 Å². The van der Waals surface area contributed by atoms with Crippen LogP contribution >= 0.6 is 0 Å². The van der Waals surface area contributed by atoms with E-state index in [1.54, 1.807) is 17.1 Å². The predicted octanol–water partition coefficient (Wildman–Crippen LogP) is 0.700. The molecular formula is C8H10N4O. The second-order valence-corrected chi connectivity index (χ2v) is 3.18. The Morgan fingerprint density at radius 3 is 2.92 bits per heavy atom. The molecular weight excluding hydrogens is 168 g/mol. The van der Waals surface area contributed by atoms with Crippen molar-refractivity contribution in [1.29, 1.82) is 0 Å². The van der Waals surface area contributed by atoms with Gasteiger partial charge in [-0.2, -0.15) is 10.2 Å². The molecule has 0 radical (unpaired) electrons. The van der Waals surface area contributed by atoms with Gasteiger partial charge >= 0.3 is 0 Å². The van der Waals surface area contributed by atoms with E-state index in [9.17, 15) is 4.79 Å².